The van der Waals surface area contributed by atoms with Crippen LogP contribution in [-0.4, -0.2) is 38.9 Å². The van der Waals surface area contributed by atoms with Gasteiger partial charge in [0.05, 0.1) is 18.8 Å². The molecule has 1 aliphatic rings. The highest BCUT2D eigenvalue weighted by molar-refractivity contribution is 5.92. The van der Waals surface area contributed by atoms with Crippen molar-refractivity contribution in [2.45, 2.75) is 38.3 Å². The van der Waals surface area contributed by atoms with Crippen LogP contribution in [0.4, 0.5) is 4.39 Å². The molecule has 1 saturated heterocycles. The summed E-state index contributed by atoms with van der Waals surface area (Å²) in [6, 6.07) is 6.38. The molecule has 1 aromatic carbocycles. The van der Waals surface area contributed by atoms with Crippen molar-refractivity contribution in [3.05, 3.63) is 47.5 Å². The second-order valence-corrected chi connectivity index (χ2v) is 6.07. The molecule has 0 bridgehead atoms. The molecule has 1 atom stereocenters. The van der Waals surface area contributed by atoms with Crippen molar-refractivity contribution < 1.29 is 9.18 Å². The molecule has 1 amide bonds. The average Bonchev–Trinajstić information content (AvgIpc) is 2.90. The molecule has 2 heterocycles. The number of aromatic nitrogens is 3. The molecular weight excluding hydrogens is 309 g/mol. The number of nitrogens with two attached hydrogens (primary N) is 1. The molecule has 2 aromatic rings. The van der Waals surface area contributed by atoms with E-state index < -0.39 is 0 Å². The Morgan fingerprint density at radius 2 is 2.21 bits per heavy atom. The molecule has 1 fully saturated rings. The monoisotopic (exact) mass is 331 g/mol. The van der Waals surface area contributed by atoms with Crippen molar-refractivity contribution in [2.24, 2.45) is 5.73 Å². The Kier molecular flexibility index (Phi) is 5.20. The maximum atomic E-state index is 13.6. The van der Waals surface area contributed by atoms with Gasteiger partial charge in [-0.1, -0.05) is 30.2 Å². The number of hydrogen-bond acceptors (Lipinski definition) is 4. The molecule has 2 N–H and O–H groups in total. The Morgan fingerprint density at radius 3 is 3.00 bits per heavy atom. The average molecular weight is 331 g/mol. The van der Waals surface area contributed by atoms with Crippen molar-refractivity contribution in [3.63, 3.8) is 0 Å². The van der Waals surface area contributed by atoms with Crippen molar-refractivity contribution in [3.8, 4) is 0 Å². The Morgan fingerprint density at radius 1 is 1.33 bits per heavy atom. The zero-order chi connectivity index (χ0) is 16.9. The van der Waals surface area contributed by atoms with Gasteiger partial charge in [-0.25, -0.2) is 4.39 Å². The summed E-state index contributed by atoms with van der Waals surface area (Å²) in [4.78, 5) is 14.7. The first-order valence-corrected chi connectivity index (χ1v) is 8.35. The molecule has 6 nitrogen and oxygen atoms in total. The molecule has 0 saturated carbocycles. The predicted octanol–water partition coefficient (Wildman–Crippen LogP) is 2.13. The van der Waals surface area contributed by atoms with Crippen LogP contribution in [0.5, 0.6) is 0 Å². The van der Waals surface area contributed by atoms with Gasteiger partial charge in [-0.2, -0.15) is 0 Å². The minimum absolute atomic E-state index is 0.129. The second-order valence-electron chi connectivity index (χ2n) is 6.07. The number of carbonyl (C=O) groups is 1. The van der Waals surface area contributed by atoms with Crippen LogP contribution >= 0.6 is 0 Å². The quantitative estimate of drug-likeness (QED) is 0.931. The Hall–Kier alpha value is -2.28. The van der Waals surface area contributed by atoms with E-state index in [-0.39, 0.29) is 17.8 Å². The second kappa shape index (κ2) is 7.53. The molecule has 0 spiro atoms. The van der Waals surface area contributed by atoms with Gasteiger partial charge < -0.3 is 10.6 Å². The first kappa shape index (κ1) is 16.6. The van der Waals surface area contributed by atoms with Crippen LogP contribution in [0.2, 0.25) is 0 Å². The van der Waals surface area contributed by atoms with E-state index in [1.165, 1.54) is 12.1 Å². The van der Waals surface area contributed by atoms with Crippen LogP contribution in [0.15, 0.2) is 30.5 Å². The summed E-state index contributed by atoms with van der Waals surface area (Å²) < 4.78 is 15.2. The summed E-state index contributed by atoms with van der Waals surface area (Å²) in [7, 11) is 0. The lowest BCUT2D eigenvalue weighted by Gasteiger charge is -2.29. The minimum Gasteiger partial charge on any atom is -0.330 e. The normalized spacial score (nSPS) is 18.4. The molecular formula is C17H22FN5O. The molecule has 24 heavy (non-hydrogen) atoms. The summed E-state index contributed by atoms with van der Waals surface area (Å²) in [5.74, 6) is -0.438. The lowest BCUT2D eigenvalue weighted by Crippen LogP contribution is -2.35. The summed E-state index contributed by atoms with van der Waals surface area (Å²) in [6.45, 7) is 1.60. The number of hydrogen-bond donors (Lipinski definition) is 1. The van der Waals surface area contributed by atoms with E-state index in [0.29, 0.717) is 25.3 Å². The van der Waals surface area contributed by atoms with E-state index in [9.17, 15) is 9.18 Å². The number of amides is 1. The molecule has 3 rings (SSSR count). The van der Waals surface area contributed by atoms with Crippen LogP contribution in [0.25, 0.3) is 0 Å². The van der Waals surface area contributed by atoms with Gasteiger partial charge in [0.1, 0.15) is 5.82 Å². The highest BCUT2D eigenvalue weighted by Gasteiger charge is 2.29. The molecule has 128 valence electrons. The van der Waals surface area contributed by atoms with Gasteiger partial charge in [-0.05, 0) is 30.5 Å². The Labute approximate surface area is 140 Å². The first-order chi connectivity index (χ1) is 11.7. The number of halogens is 1. The lowest BCUT2D eigenvalue weighted by molar-refractivity contribution is 0.0674. The number of carbonyl (C=O) groups excluding carboxylic acids is 1. The van der Waals surface area contributed by atoms with Gasteiger partial charge >= 0.3 is 0 Å². The van der Waals surface area contributed by atoms with E-state index in [2.05, 4.69) is 10.3 Å². The maximum Gasteiger partial charge on any atom is 0.276 e. The number of rotatable bonds is 4. The van der Waals surface area contributed by atoms with Crippen LogP contribution in [0, 0.1) is 5.82 Å². The third-order valence-electron chi connectivity index (χ3n) is 4.36. The van der Waals surface area contributed by atoms with E-state index in [0.717, 1.165) is 31.2 Å². The summed E-state index contributed by atoms with van der Waals surface area (Å²) in [5, 5.41) is 7.91. The zero-order valence-corrected chi connectivity index (χ0v) is 13.6. The summed E-state index contributed by atoms with van der Waals surface area (Å²) in [6.07, 6.45) is 5.48. The Bertz CT molecular complexity index is 702. The third-order valence-corrected chi connectivity index (χ3v) is 4.36. The summed E-state index contributed by atoms with van der Waals surface area (Å²) >= 11 is 0. The molecule has 1 aliphatic heterocycles. The molecule has 1 aromatic heterocycles. The number of likely N-dealkylation sites (tertiary alicyclic amines) is 1. The Balaban J connectivity index is 1.87. The van der Waals surface area contributed by atoms with Crippen molar-refractivity contribution in [2.75, 3.05) is 13.1 Å². The van der Waals surface area contributed by atoms with Crippen molar-refractivity contribution in [1.29, 1.82) is 0 Å². The van der Waals surface area contributed by atoms with Crippen LogP contribution < -0.4 is 5.73 Å². The number of nitrogens with zero attached hydrogens (tertiary/aromatic N) is 4. The molecule has 0 radical (unpaired) electrons. The van der Waals surface area contributed by atoms with Gasteiger partial charge in [0.2, 0.25) is 0 Å². The molecule has 0 unspecified atom stereocenters. The maximum absolute atomic E-state index is 13.6. The van der Waals surface area contributed by atoms with Crippen LogP contribution in [-0.2, 0) is 6.54 Å². The van der Waals surface area contributed by atoms with Gasteiger partial charge in [-0.15, -0.1) is 5.10 Å². The van der Waals surface area contributed by atoms with Crippen molar-refractivity contribution in [1.82, 2.24) is 19.9 Å². The SMILES string of the molecule is NCCn1cc(C(=O)N2CCCCC[C@H]2c2cccc(F)c2)nn1. The van der Waals surface area contributed by atoms with Gasteiger partial charge in [0.15, 0.2) is 5.69 Å². The first-order valence-electron chi connectivity index (χ1n) is 8.35. The van der Waals surface area contributed by atoms with Gasteiger partial charge in [0, 0.05) is 13.1 Å². The highest BCUT2D eigenvalue weighted by atomic mass is 19.1. The fourth-order valence-electron chi connectivity index (χ4n) is 3.20. The predicted molar refractivity (Wildman–Crippen MR) is 87.7 cm³/mol. The van der Waals surface area contributed by atoms with Crippen LogP contribution in [0.3, 0.4) is 0 Å². The fraction of sp³-hybridized carbons (Fsp3) is 0.471. The largest absolute Gasteiger partial charge is 0.330 e. The topological polar surface area (TPSA) is 77.0 Å². The van der Waals surface area contributed by atoms with E-state index in [4.69, 9.17) is 5.73 Å². The van der Waals surface area contributed by atoms with E-state index in [1.54, 1.807) is 21.8 Å². The van der Waals surface area contributed by atoms with E-state index in [1.807, 2.05) is 6.07 Å². The van der Waals surface area contributed by atoms with Gasteiger partial charge in [0.25, 0.3) is 5.91 Å². The third kappa shape index (κ3) is 3.62. The molecule has 7 heteroatoms. The van der Waals surface area contributed by atoms with Crippen LogP contribution in [0.1, 0.15) is 47.8 Å². The minimum atomic E-state index is -0.280. The number of benzene rings is 1. The standard InChI is InChI=1S/C17H22FN5O/c18-14-6-4-5-13(11-14)16-7-2-1-3-9-23(16)17(24)15-12-22(10-8-19)21-20-15/h4-6,11-12,16H,1-3,7-10,19H2/t16-/m0/s1. The fourth-order valence-corrected chi connectivity index (χ4v) is 3.20. The zero-order valence-electron chi connectivity index (χ0n) is 13.6. The smallest absolute Gasteiger partial charge is 0.276 e. The molecule has 0 aliphatic carbocycles. The van der Waals surface area contributed by atoms with Crippen molar-refractivity contribution >= 4 is 5.91 Å². The highest BCUT2D eigenvalue weighted by Crippen LogP contribution is 2.31. The summed E-state index contributed by atoms with van der Waals surface area (Å²) in [5.41, 5.74) is 6.65. The van der Waals surface area contributed by atoms with Gasteiger partial charge in [-0.3, -0.25) is 9.48 Å². The lowest BCUT2D eigenvalue weighted by atomic mass is 10.0. The van der Waals surface area contributed by atoms with E-state index >= 15 is 0 Å².